The van der Waals surface area contributed by atoms with Gasteiger partial charge in [-0.25, -0.2) is 4.98 Å². The topological polar surface area (TPSA) is 60.3 Å². The van der Waals surface area contributed by atoms with Crippen LogP contribution in [0.15, 0.2) is 47.5 Å². The first-order chi connectivity index (χ1) is 12.7. The molecule has 0 N–H and O–H groups in total. The number of fused-ring (bicyclic) bond motifs is 2. The van der Waals surface area contributed by atoms with Crippen LogP contribution in [0.25, 0.3) is 11.0 Å². The van der Waals surface area contributed by atoms with Gasteiger partial charge in [-0.15, -0.1) is 23.4 Å². The molecule has 27 heavy (non-hydrogen) atoms. The Hall–Kier alpha value is -3.03. The fourth-order valence-electron chi connectivity index (χ4n) is 3.16. The summed E-state index contributed by atoms with van der Waals surface area (Å²) in [4.78, 5) is 9.25. The zero-order valence-electron chi connectivity index (χ0n) is 14.6. The van der Waals surface area contributed by atoms with Crippen LogP contribution in [0.1, 0.15) is 30.8 Å². The molecule has 5 nitrogen and oxygen atoms in total. The zero-order valence-corrected chi connectivity index (χ0v) is 14.6. The Balaban J connectivity index is 1.82. The highest BCUT2D eigenvalue weighted by Gasteiger charge is 2.33. The lowest BCUT2D eigenvalue weighted by molar-refractivity contribution is -0.274. The molecule has 0 spiro atoms. The minimum atomic E-state index is -4.74. The second-order valence-electron chi connectivity index (χ2n) is 6.94. The second-order valence-corrected chi connectivity index (χ2v) is 6.94. The van der Waals surface area contributed by atoms with Crippen LogP contribution >= 0.6 is 0 Å². The van der Waals surface area contributed by atoms with E-state index in [2.05, 4.69) is 19.9 Å². The van der Waals surface area contributed by atoms with Gasteiger partial charge in [0.1, 0.15) is 17.0 Å². The number of alkyl halides is 3. The van der Waals surface area contributed by atoms with Gasteiger partial charge in [0.15, 0.2) is 0 Å². The molecule has 0 fully saturated rings. The van der Waals surface area contributed by atoms with Gasteiger partial charge in [0.05, 0.1) is 11.1 Å². The summed E-state index contributed by atoms with van der Waals surface area (Å²) in [6.07, 6.45) is -4.26. The number of aromatic nitrogens is 3. The number of hydrogen-bond acceptors (Lipinski definition) is 5. The molecular weight excluding hydrogens is 357 g/mol. The minimum Gasteiger partial charge on any atom is -0.406 e. The zero-order chi connectivity index (χ0) is 19.2. The maximum Gasteiger partial charge on any atom is 0.573 e. The van der Waals surface area contributed by atoms with Gasteiger partial charge in [0.2, 0.25) is 5.82 Å². The molecule has 0 unspecified atom stereocenters. The van der Waals surface area contributed by atoms with Crippen molar-refractivity contribution in [2.24, 2.45) is 4.99 Å². The highest BCUT2D eigenvalue weighted by molar-refractivity contribution is 6.12. The summed E-state index contributed by atoms with van der Waals surface area (Å²) in [6.45, 7) is 3.81. The monoisotopic (exact) mass is 372 g/mol. The standard InChI is InChI=1S/C19H15F3N4O/c1-18(2)10-11-9-12(27-19(20,21)22)7-8-13(11)16(24-18)17-23-14-5-3-4-6-15(14)25-26-17/h3-9H,10H2,1-2H3. The molecule has 8 heteroatoms. The third kappa shape index (κ3) is 3.60. The molecule has 1 aliphatic heterocycles. The SMILES string of the molecule is CC1(C)Cc2cc(OC(F)(F)F)ccc2C(c2nnc3ccccc3n2)=N1. The number of para-hydroxylation sites is 1. The highest BCUT2D eigenvalue weighted by Crippen LogP contribution is 2.32. The number of rotatable bonds is 2. The Morgan fingerprint density at radius 2 is 1.74 bits per heavy atom. The minimum absolute atomic E-state index is 0.254. The van der Waals surface area contributed by atoms with Gasteiger partial charge in [-0.05, 0) is 56.2 Å². The van der Waals surface area contributed by atoms with E-state index in [0.717, 1.165) is 0 Å². The molecule has 4 rings (SSSR count). The van der Waals surface area contributed by atoms with Crippen LogP contribution in [-0.4, -0.2) is 32.8 Å². The van der Waals surface area contributed by atoms with E-state index in [1.807, 2.05) is 32.0 Å². The molecular formula is C19H15F3N4O. The maximum atomic E-state index is 12.5. The van der Waals surface area contributed by atoms with Crippen LogP contribution in [0.5, 0.6) is 5.75 Å². The lowest BCUT2D eigenvalue weighted by atomic mass is 9.86. The second kappa shape index (κ2) is 6.00. The van der Waals surface area contributed by atoms with Crippen molar-refractivity contribution in [3.63, 3.8) is 0 Å². The van der Waals surface area contributed by atoms with Crippen LogP contribution in [0.4, 0.5) is 13.2 Å². The highest BCUT2D eigenvalue weighted by atomic mass is 19.4. The predicted molar refractivity (Wildman–Crippen MR) is 93.9 cm³/mol. The number of halogens is 3. The maximum absolute atomic E-state index is 12.5. The molecule has 1 aliphatic rings. The van der Waals surface area contributed by atoms with Crippen LogP contribution in [0.3, 0.4) is 0 Å². The Bertz CT molecular complexity index is 1060. The van der Waals surface area contributed by atoms with Gasteiger partial charge < -0.3 is 4.74 Å². The van der Waals surface area contributed by atoms with Gasteiger partial charge in [0.25, 0.3) is 0 Å². The van der Waals surface area contributed by atoms with Crippen LogP contribution in [-0.2, 0) is 6.42 Å². The first kappa shape index (κ1) is 17.4. The summed E-state index contributed by atoms with van der Waals surface area (Å²) in [5.41, 5.74) is 2.70. The number of nitrogens with zero attached hydrogens (tertiary/aromatic N) is 4. The van der Waals surface area contributed by atoms with E-state index < -0.39 is 11.9 Å². The molecule has 0 bridgehead atoms. The van der Waals surface area contributed by atoms with Gasteiger partial charge in [-0.1, -0.05) is 12.1 Å². The molecule has 0 saturated heterocycles. The average Bonchev–Trinajstić information content (AvgIpc) is 2.58. The number of benzene rings is 2. The molecule has 138 valence electrons. The molecule has 0 atom stereocenters. The van der Waals surface area contributed by atoms with Crippen molar-refractivity contribution >= 4 is 16.7 Å². The number of aliphatic imine (C=N–C) groups is 1. The van der Waals surface area contributed by atoms with Gasteiger partial charge in [-0.2, -0.15) is 0 Å². The van der Waals surface area contributed by atoms with Crippen LogP contribution in [0, 0.1) is 0 Å². The summed E-state index contributed by atoms with van der Waals surface area (Å²) in [5, 5.41) is 8.35. The Morgan fingerprint density at radius 3 is 2.48 bits per heavy atom. The summed E-state index contributed by atoms with van der Waals surface area (Å²) in [7, 11) is 0. The van der Waals surface area contributed by atoms with E-state index in [9.17, 15) is 13.2 Å². The summed E-state index contributed by atoms with van der Waals surface area (Å²) in [6, 6.07) is 11.5. The molecule has 2 heterocycles. The Labute approximate surface area is 152 Å². The lowest BCUT2D eigenvalue weighted by Gasteiger charge is -2.28. The third-order valence-corrected chi connectivity index (χ3v) is 4.18. The van der Waals surface area contributed by atoms with Gasteiger partial charge in [-0.3, -0.25) is 4.99 Å². The largest absolute Gasteiger partial charge is 0.573 e. The van der Waals surface area contributed by atoms with Crippen molar-refractivity contribution in [2.45, 2.75) is 32.2 Å². The molecule has 1 aromatic heterocycles. The van der Waals surface area contributed by atoms with Crippen molar-refractivity contribution in [2.75, 3.05) is 0 Å². The average molecular weight is 372 g/mol. The van der Waals surface area contributed by atoms with E-state index >= 15 is 0 Å². The molecule has 2 aromatic carbocycles. The smallest absolute Gasteiger partial charge is 0.406 e. The van der Waals surface area contributed by atoms with E-state index in [1.54, 1.807) is 12.1 Å². The number of ether oxygens (including phenoxy) is 1. The van der Waals surface area contributed by atoms with Gasteiger partial charge in [0, 0.05) is 5.56 Å². The fraction of sp³-hybridized carbons (Fsp3) is 0.263. The first-order valence-corrected chi connectivity index (χ1v) is 8.29. The van der Waals surface area contributed by atoms with E-state index in [4.69, 9.17) is 4.99 Å². The van der Waals surface area contributed by atoms with Gasteiger partial charge >= 0.3 is 6.36 Å². The van der Waals surface area contributed by atoms with Crippen molar-refractivity contribution in [3.8, 4) is 5.75 Å². The normalized spacial score (nSPS) is 16.0. The Kier molecular flexibility index (Phi) is 3.87. The van der Waals surface area contributed by atoms with Crippen molar-refractivity contribution in [1.82, 2.24) is 15.2 Å². The van der Waals surface area contributed by atoms with E-state index in [0.29, 0.717) is 40.1 Å². The molecule has 0 saturated carbocycles. The van der Waals surface area contributed by atoms with Crippen molar-refractivity contribution in [1.29, 1.82) is 0 Å². The molecule has 3 aromatic rings. The molecule has 0 aliphatic carbocycles. The first-order valence-electron chi connectivity index (χ1n) is 8.29. The fourth-order valence-corrected chi connectivity index (χ4v) is 3.16. The van der Waals surface area contributed by atoms with Crippen LogP contribution in [0.2, 0.25) is 0 Å². The summed E-state index contributed by atoms with van der Waals surface area (Å²) >= 11 is 0. The lowest BCUT2D eigenvalue weighted by Crippen LogP contribution is -2.30. The Morgan fingerprint density at radius 1 is 1.00 bits per heavy atom. The number of hydrogen-bond donors (Lipinski definition) is 0. The summed E-state index contributed by atoms with van der Waals surface area (Å²) in [5.74, 6) is 0.0862. The third-order valence-electron chi connectivity index (χ3n) is 4.18. The van der Waals surface area contributed by atoms with E-state index in [-0.39, 0.29) is 5.75 Å². The molecule has 0 radical (unpaired) electrons. The van der Waals surface area contributed by atoms with Crippen molar-refractivity contribution < 1.29 is 17.9 Å². The molecule has 0 amide bonds. The predicted octanol–water partition coefficient (Wildman–Crippen LogP) is 4.10. The van der Waals surface area contributed by atoms with Crippen molar-refractivity contribution in [3.05, 3.63) is 59.4 Å². The van der Waals surface area contributed by atoms with E-state index in [1.165, 1.54) is 12.1 Å². The quantitative estimate of drug-likeness (QED) is 0.680. The van der Waals surface area contributed by atoms with Crippen LogP contribution < -0.4 is 4.74 Å². The summed E-state index contributed by atoms with van der Waals surface area (Å²) < 4.78 is 41.7.